The van der Waals surface area contributed by atoms with Crippen LogP contribution in [0.3, 0.4) is 0 Å². The molecule has 0 bridgehead atoms. The predicted octanol–water partition coefficient (Wildman–Crippen LogP) is 5.79. The molecule has 0 spiro atoms. The zero-order chi connectivity index (χ0) is 20.8. The van der Waals surface area contributed by atoms with Gasteiger partial charge in [-0.25, -0.2) is 14.6 Å². The maximum absolute atomic E-state index is 11.8. The van der Waals surface area contributed by atoms with Crippen molar-refractivity contribution in [1.29, 1.82) is 0 Å². The molecule has 0 radical (unpaired) electrons. The number of rotatable bonds is 8. The SMILES string of the molecule is C=C(C)OC(=O)NCCn1c(Br)c(C2CCCCC2)c2ccc(COOC)cc21. The molecule has 0 unspecified atom stereocenters. The molecule has 0 saturated heterocycles. The van der Waals surface area contributed by atoms with Crippen molar-refractivity contribution >= 4 is 32.9 Å². The monoisotopic (exact) mass is 464 g/mol. The molecule has 1 amide bonds. The quantitative estimate of drug-likeness (QED) is 0.305. The molecule has 6 nitrogen and oxygen atoms in total. The van der Waals surface area contributed by atoms with E-state index < -0.39 is 6.09 Å². The topological polar surface area (TPSA) is 61.7 Å². The van der Waals surface area contributed by atoms with E-state index in [4.69, 9.17) is 14.5 Å². The van der Waals surface area contributed by atoms with Crippen molar-refractivity contribution < 1.29 is 19.3 Å². The molecule has 29 heavy (non-hydrogen) atoms. The van der Waals surface area contributed by atoms with Crippen LogP contribution in [-0.4, -0.2) is 24.3 Å². The number of nitrogens with one attached hydrogen (secondary N) is 1. The lowest BCUT2D eigenvalue weighted by Gasteiger charge is -2.22. The number of allylic oxidation sites excluding steroid dienone is 1. The molecule has 1 aliphatic rings. The summed E-state index contributed by atoms with van der Waals surface area (Å²) in [6, 6.07) is 6.40. The van der Waals surface area contributed by atoms with Gasteiger partial charge in [-0.3, -0.25) is 0 Å². The Kier molecular flexibility index (Phi) is 7.75. The fourth-order valence-electron chi connectivity index (χ4n) is 4.07. The van der Waals surface area contributed by atoms with E-state index in [9.17, 15) is 4.79 Å². The first kappa shape index (κ1) is 21.9. The Morgan fingerprint density at radius 2 is 2.07 bits per heavy atom. The maximum Gasteiger partial charge on any atom is 0.412 e. The molecule has 0 atom stereocenters. The standard InChI is InChI=1S/C22H29BrN2O4/c1-15(2)29-22(26)24-11-12-25-19-13-16(14-28-27-3)9-10-18(19)20(21(25)23)17-7-5-4-6-8-17/h9-10,13,17H,1,4-8,11-12,14H2,2-3H3,(H,24,26). The van der Waals surface area contributed by atoms with E-state index in [0.717, 1.165) is 15.7 Å². The molecular weight excluding hydrogens is 436 g/mol. The third-order valence-corrected chi connectivity index (χ3v) is 6.19. The average Bonchev–Trinajstić information content (AvgIpc) is 2.97. The predicted molar refractivity (Wildman–Crippen MR) is 117 cm³/mol. The van der Waals surface area contributed by atoms with E-state index in [1.807, 2.05) is 0 Å². The second-order valence-corrected chi connectivity index (χ2v) is 8.24. The molecule has 158 valence electrons. The van der Waals surface area contributed by atoms with Gasteiger partial charge in [0.1, 0.15) is 6.61 Å². The maximum atomic E-state index is 11.8. The zero-order valence-electron chi connectivity index (χ0n) is 17.1. The number of fused-ring (bicyclic) bond motifs is 1. The molecule has 1 saturated carbocycles. The molecule has 1 N–H and O–H groups in total. The Balaban J connectivity index is 1.89. The summed E-state index contributed by atoms with van der Waals surface area (Å²) < 4.78 is 8.29. The summed E-state index contributed by atoms with van der Waals surface area (Å²) in [4.78, 5) is 21.6. The summed E-state index contributed by atoms with van der Waals surface area (Å²) in [7, 11) is 1.51. The van der Waals surface area contributed by atoms with E-state index in [2.05, 4.69) is 50.6 Å². The Hall–Kier alpha value is -1.83. The number of nitrogens with zero attached hydrogens (tertiary/aromatic N) is 1. The first-order chi connectivity index (χ1) is 14.0. The number of carbonyl (C=O) groups is 1. The number of ether oxygens (including phenoxy) is 1. The van der Waals surface area contributed by atoms with Crippen LogP contribution in [0.5, 0.6) is 0 Å². The van der Waals surface area contributed by atoms with Crippen molar-refractivity contribution in [2.75, 3.05) is 13.7 Å². The normalized spacial score (nSPS) is 14.9. The first-order valence-electron chi connectivity index (χ1n) is 10.1. The summed E-state index contributed by atoms with van der Waals surface area (Å²) in [5.74, 6) is 0.932. The van der Waals surface area contributed by atoms with Crippen LogP contribution in [0, 0.1) is 0 Å². The van der Waals surface area contributed by atoms with Gasteiger partial charge in [0.15, 0.2) is 0 Å². The summed E-state index contributed by atoms with van der Waals surface area (Å²) in [5, 5.41) is 4.04. The molecule has 0 aliphatic heterocycles. The van der Waals surface area contributed by atoms with Gasteiger partial charge in [0.2, 0.25) is 0 Å². The summed E-state index contributed by atoms with van der Waals surface area (Å²) in [6.07, 6.45) is 5.83. The number of hydrogen-bond acceptors (Lipinski definition) is 4. The Morgan fingerprint density at radius 1 is 1.31 bits per heavy atom. The number of carbonyl (C=O) groups excluding carboxylic acids is 1. The highest BCUT2D eigenvalue weighted by molar-refractivity contribution is 9.10. The lowest BCUT2D eigenvalue weighted by molar-refractivity contribution is -0.282. The van der Waals surface area contributed by atoms with Gasteiger partial charge < -0.3 is 14.6 Å². The number of hydrogen-bond donors (Lipinski definition) is 1. The van der Waals surface area contributed by atoms with E-state index >= 15 is 0 Å². The zero-order valence-corrected chi connectivity index (χ0v) is 18.7. The van der Waals surface area contributed by atoms with Crippen LogP contribution in [0.15, 0.2) is 35.1 Å². The first-order valence-corrected chi connectivity index (χ1v) is 10.9. The number of amides is 1. The largest absolute Gasteiger partial charge is 0.416 e. The molecule has 3 rings (SSSR count). The van der Waals surface area contributed by atoms with Crippen LogP contribution in [0.2, 0.25) is 0 Å². The number of alkyl carbamates (subject to hydrolysis) is 1. The van der Waals surface area contributed by atoms with Crippen LogP contribution >= 0.6 is 15.9 Å². The second-order valence-electron chi connectivity index (χ2n) is 7.49. The summed E-state index contributed by atoms with van der Waals surface area (Å²) >= 11 is 3.86. The molecule has 1 fully saturated rings. The van der Waals surface area contributed by atoms with E-state index in [-0.39, 0.29) is 0 Å². The van der Waals surface area contributed by atoms with Gasteiger partial charge in [0.25, 0.3) is 0 Å². The minimum atomic E-state index is -0.480. The third kappa shape index (κ3) is 5.41. The third-order valence-electron chi connectivity index (χ3n) is 5.33. The Bertz CT molecular complexity index is 871. The number of benzene rings is 1. The van der Waals surface area contributed by atoms with Gasteiger partial charge in [0.05, 0.1) is 17.5 Å². The molecule has 1 aliphatic carbocycles. The van der Waals surface area contributed by atoms with Gasteiger partial charge in [-0.1, -0.05) is 38.0 Å². The minimum absolute atomic E-state index is 0.373. The van der Waals surface area contributed by atoms with Crippen molar-refractivity contribution in [3.63, 3.8) is 0 Å². The van der Waals surface area contributed by atoms with Gasteiger partial charge in [-0.2, -0.15) is 0 Å². The molecule has 1 aromatic heterocycles. The van der Waals surface area contributed by atoms with Crippen molar-refractivity contribution in [3.8, 4) is 0 Å². The lowest BCUT2D eigenvalue weighted by Crippen LogP contribution is -2.27. The highest BCUT2D eigenvalue weighted by Crippen LogP contribution is 2.42. The number of halogens is 1. The molecular formula is C22H29BrN2O4. The van der Waals surface area contributed by atoms with Crippen molar-refractivity contribution in [2.45, 2.75) is 58.1 Å². The second kappa shape index (κ2) is 10.3. The highest BCUT2D eigenvalue weighted by Gasteiger charge is 2.24. The van der Waals surface area contributed by atoms with Gasteiger partial charge in [-0.15, -0.1) is 0 Å². The fourth-order valence-corrected chi connectivity index (χ4v) is 4.98. The van der Waals surface area contributed by atoms with E-state index in [0.29, 0.717) is 31.4 Å². The van der Waals surface area contributed by atoms with Crippen LogP contribution in [0.4, 0.5) is 4.79 Å². The molecule has 2 aromatic rings. The minimum Gasteiger partial charge on any atom is -0.416 e. The van der Waals surface area contributed by atoms with Crippen LogP contribution in [-0.2, 0) is 27.7 Å². The van der Waals surface area contributed by atoms with E-state index in [1.165, 1.54) is 50.2 Å². The highest BCUT2D eigenvalue weighted by atomic mass is 79.9. The van der Waals surface area contributed by atoms with Crippen LogP contribution in [0.25, 0.3) is 10.9 Å². The van der Waals surface area contributed by atoms with Gasteiger partial charge in [0, 0.05) is 24.0 Å². The molecule has 1 heterocycles. The van der Waals surface area contributed by atoms with Crippen LogP contribution < -0.4 is 5.32 Å². The molecule has 1 aromatic carbocycles. The van der Waals surface area contributed by atoms with Crippen LogP contribution in [0.1, 0.15) is 56.1 Å². The van der Waals surface area contributed by atoms with Crippen molar-refractivity contribution in [2.24, 2.45) is 0 Å². The number of aromatic nitrogens is 1. The lowest BCUT2D eigenvalue weighted by atomic mass is 9.84. The van der Waals surface area contributed by atoms with Gasteiger partial charge >= 0.3 is 6.09 Å². The average molecular weight is 465 g/mol. The summed E-state index contributed by atoms with van der Waals surface area (Å²) in [5.41, 5.74) is 3.54. The Morgan fingerprint density at radius 3 is 2.76 bits per heavy atom. The van der Waals surface area contributed by atoms with E-state index in [1.54, 1.807) is 6.92 Å². The molecule has 7 heteroatoms. The van der Waals surface area contributed by atoms with Crippen molar-refractivity contribution in [1.82, 2.24) is 9.88 Å². The summed E-state index contributed by atoms with van der Waals surface area (Å²) in [6.45, 7) is 6.71. The fraction of sp³-hybridized carbons (Fsp3) is 0.500. The van der Waals surface area contributed by atoms with Gasteiger partial charge in [-0.05, 0) is 58.8 Å². The smallest absolute Gasteiger partial charge is 0.412 e. The Labute approximate surface area is 180 Å². The van der Waals surface area contributed by atoms with Crippen molar-refractivity contribution in [3.05, 3.63) is 46.3 Å².